The molecule has 17 heavy (non-hydrogen) atoms. The maximum atomic E-state index is 12.3. The Labute approximate surface area is 105 Å². The number of rotatable bonds is 5. The molecule has 0 unspecified atom stereocenters. The number of carbonyl (C=O) groups excluding carboxylic acids is 1. The lowest BCUT2D eigenvalue weighted by molar-refractivity contribution is -0.155. The molecule has 0 radical (unpaired) electrons. The lowest BCUT2D eigenvalue weighted by Gasteiger charge is -2.39. The minimum Gasteiger partial charge on any atom is -0.390 e. The van der Waals surface area contributed by atoms with Crippen molar-refractivity contribution < 1.29 is 15.0 Å². The number of aliphatic hydroxyl groups is 2. The predicted octanol–water partition coefficient (Wildman–Crippen LogP) is 1.40. The van der Waals surface area contributed by atoms with Gasteiger partial charge in [-0.25, -0.2) is 0 Å². The van der Waals surface area contributed by atoms with Crippen LogP contribution in [0.1, 0.15) is 48.5 Å². The number of hydrogen-bond donors (Lipinski definition) is 2. The number of amides is 1. The van der Waals surface area contributed by atoms with Gasteiger partial charge in [-0.3, -0.25) is 4.79 Å². The Hall–Kier alpha value is -0.610. The number of carbonyl (C=O) groups is 1. The van der Waals surface area contributed by atoms with Crippen LogP contribution in [-0.2, 0) is 4.79 Å². The molecule has 0 aromatic carbocycles. The van der Waals surface area contributed by atoms with Gasteiger partial charge >= 0.3 is 0 Å². The van der Waals surface area contributed by atoms with E-state index in [0.29, 0.717) is 0 Å². The predicted molar refractivity (Wildman–Crippen MR) is 68.6 cm³/mol. The van der Waals surface area contributed by atoms with Crippen molar-refractivity contribution in [2.45, 2.75) is 72.3 Å². The molecule has 102 valence electrons. The minimum atomic E-state index is -1.40. The third-order valence-corrected chi connectivity index (χ3v) is 3.46. The van der Waals surface area contributed by atoms with E-state index in [2.05, 4.69) is 0 Å². The summed E-state index contributed by atoms with van der Waals surface area (Å²) in [7, 11) is 0. The second kappa shape index (κ2) is 5.83. The van der Waals surface area contributed by atoms with Crippen LogP contribution in [0.15, 0.2) is 0 Å². The van der Waals surface area contributed by atoms with Crippen molar-refractivity contribution in [1.82, 2.24) is 4.90 Å². The van der Waals surface area contributed by atoms with Crippen LogP contribution < -0.4 is 0 Å². The molecule has 0 aliphatic carbocycles. The van der Waals surface area contributed by atoms with E-state index in [4.69, 9.17) is 0 Å². The molecule has 0 saturated carbocycles. The molecular formula is C13H27NO3. The van der Waals surface area contributed by atoms with Crippen LogP contribution in [0.3, 0.4) is 0 Å². The molecule has 4 heteroatoms. The fraction of sp³-hybridized carbons (Fsp3) is 0.923. The Balaban J connectivity index is 5.03. The highest BCUT2D eigenvalue weighted by molar-refractivity contribution is 5.80. The van der Waals surface area contributed by atoms with Gasteiger partial charge in [-0.2, -0.15) is 0 Å². The SMILES string of the molecule is CC(C)N(C(=O)[C@H](C)[C@](C)(O)[C@@H](C)O)C(C)C. The topological polar surface area (TPSA) is 60.8 Å². The summed E-state index contributed by atoms with van der Waals surface area (Å²) < 4.78 is 0. The molecule has 0 aromatic rings. The molecule has 0 spiro atoms. The Morgan fingerprint density at radius 2 is 1.41 bits per heavy atom. The third-order valence-electron chi connectivity index (χ3n) is 3.46. The lowest BCUT2D eigenvalue weighted by Crippen LogP contribution is -2.54. The van der Waals surface area contributed by atoms with Crippen molar-refractivity contribution in [3.8, 4) is 0 Å². The van der Waals surface area contributed by atoms with Crippen LogP contribution in [0.4, 0.5) is 0 Å². The van der Waals surface area contributed by atoms with Crippen molar-refractivity contribution in [2.75, 3.05) is 0 Å². The molecule has 0 rings (SSSR count). The highest BCUT2D eigenvalue weighted by Crippen LogP contribution is 2.24. The van der Waals surface area contributed by atoms with E-state index in [1.807, 2.05) is 27.7 Å². The first-order valence-electron chi connectivity index (χ1n) is 6.26. The average Bonchev–Trinajstić information content (AvgIpc) is 2.14. The lowest BCUT2D eigenvalue weighted by atomic mass is 9.84. The quantitative estimate of drug-likeness (QED) is 0.769. The van der Waals surface area contributed by atoms with Crippen LogP contribution in [0.5, 0.6) is 0 Å². The van der Waals surface area contributed by atoms with Crippen LogP contribution in [-0.4, -0.2) is 44.8 Å². The normalized spacial score (nSPS) is 19.0. The molecule has 1 amide bonds. The number of hydrogen-bond acceptors (Lipinski definition) is 3. The number of aliphatic hydroxyl groups excluding tert-OH is 1. The monoisotopic (exact) mass is 245 g/mol. The molecular weight excluding hydrogens is 218 g/mol. The highest BCUT2D eigenvalue weighted by atomic mass is 16.3. The largest absolute Gasteiger partial charge is 0.390 e. The third kappa shape index (κ3) is 3.68. The molecule has 0 aromatic heterocycles. The summed E-state index contributed by atoms with van der Waals surface area (Å²) in [6.07, 6.45) is -0.942. The summed E-state index contributed by atoms with van der Waals surface area (Å²) in [5.41, 5.74) is -1.40. The zero-order valence-electron chi connectivity index (χ0n) is 12.1. The second-order valence-electron chi connectivity index (χ2n) is 5.56. The highest BCUT2D eigenvalue weighted by Gasteiger charge is 2.40. The first-order valence-corrected chi connectivity index (χ1v) is 6.26. The summed E-state index contributed by atoms with van der Waals surface area (Å²) in [4.78, 5) is 14.1. The molecule has 0 bridgehead atoms. The van der Waals surface area contributed by atoms with Crippen molar-refractivity contribution >= 4 is 5.91 Å². The Kier molecular flexibility index (Phi) is 5.62. The first-order chi connectivity index (χ1) is 7.53. The Morgan fingerprint density at radius 1 is 1.06 bits per heavy atom. The van der Waals surface area contributed by atoms with Gasteiger partial charge in [-0.05, 0) is 41.5 Å². The van der Waals surface area contributed by atoms with Gasteiger partial charge in [0.15, 0.2) is 0 Å². The van der Waals surface area contributed by atoms with Crippen molar-refractivity contribution in [3.05, 3.63) is 0 Å². The maximum Gasteiger partial charge on any atom is 0.228 e. The number of nitrogens with zero attached hydrogens (tertiary/aromatic N) is 1. The van der Waals surface area contributed by atoms with Gasteiger partial charge in [0, 0.05) is 12.1 Å². The minimum absolute atomic E-state index is 0.0785. The average molecular weight is 245 g/mol. The Morgan fingerprint density at radius 3 is 1.65 bits per heavy atom. The van der Waals surface area contributed by atoms with Gasteiger partial charge in [0.1, 0.15) is 0 Å². The van der Waals surface area contributed by atoms with Gasteiger partial charge in [-0.1, -0.05) is 6.92 Å². The van der Waals surface area contributed by atoms with E-state index in [-0.39, 0.29) is 18.0 Å². The van der Waals surface area contributed by atoms with Gasteiger partial charge in [0.05, 0.1) is 17.6 Å². The Bertz CT molecular complexity index is 251. The van der Waals surface area contributed by atoms with Gasteiger partial charge < -0.3 is 15.1 Å². The van der Waals surface area contributed by atoms with Gasteiger partial charge in [-0.15, -0.1) is 0 Å². The van der Waals surface area contributed by atoms with Crippen LogP contribution >= 0.6 is 0 Å². The molecule has 0 aliphatic rings. The van der Waals surface area contributed by atoms with E-state index in [9.17, 15) is 15.0 Å². The van der Waals surface area contributed by atoms with E-state index in [0.717, 1.165) is 0 Å². The van der Waals surface area contributed by atoms with Crippen molar-refractivity contribution in [3.63, 3.8) is 0 Å². The molecule has 0 heterocycles. The molecule has 0 saturated heterocycles. The summed E-state index contributed by atoms with van der Waals surface area (Å²) >= 11 is 0. The standard InChI is InChI=1S/C13H27NO3/c1-8(2)14(9(3)4)12(16)10(5)13(7,17)11(6)15/h8-11,15,17H,1-7H3/t10-,11+,13-/m0/s1. The summed E-state index contributed by atoms with van der Waals surface area (Å²) in [5, 5.41) is 19.7. The van der Waals surface area contributed by atoms with E-state index >= 15 is 0 Å². The second-order valence-corrected chi connectivity index (χ2v) is 5.56. The smallest absolute Gasteiger partial charge is 0.228 e. The molecule has 3 atom stereocenters. The van der Waals surface area contributed by atoms with Crippen LogP contribution in [0.25, 0.3) is 0 Å². The fourth-order valence-corrected chi connectivity index (χ4v) is 1.94. The molecule has 0 fully saturated rings. The summed E-state index contributed by atoms with van der Waals surface area (Å²) in [6, 6.07) is 0.157. The zero-order chi connectivity index (χ0) is 14.0. The zero-order valence-corrected chi connectivity index (χ0v) is 12.1. The van der Waals surface area contributed by atoms with E-state index < -0.39 is 17.6 Å². The van der Waals surface area contributed by atoms with Crippen LogP contribution in [0.2, 0.25) is 0 Å². The molecule has 4 nitrogen and oxygen atoms in total. The van der Waals surface area contributed by atoms with Gasteiger partial charge in [0.25, 0.3) is 0 Å². The van der Waals surface area contributed by atoms with E-state index in [1.165, 1.54) is 13.8 Å². The maximum absolute atomic E-state index is 12.3. The van der Waals surface area contributed by atoms with Crippen LogP contribution in [0, 0.1) is 5.92 Å². The van der Waals surface area contributed by atoms with Crippen molar-refractivity contribution in [1.29, 1.82) is 0 Å². The molecule has 2 N–H and O–H groups in total. The fourth-order valence-electron chi connectivity index (χ4n) is 1.94. The molecule has 0 aliphatic heterocycles. The first kappa shape index (κ1) is 16.4. The van der Waals surface area contributed by atoms with E-state index in [1.54, 1.807) is 11.8 Å². The summed E-state index contributed by atoms with van der Waals surface area (Å²) in [5.74, 6) is -0.756. The van der Waals surface area contributed by atoms with Crippen molar-refractivity contribution in [2.24, 2.45) is 5.92 Å². The summed E-state index contributed by atoms with van der Waals surface area (Å²) in [6.45, 7) is 12.4. The van der Waals surface area contributed by atoms with Gasteiger partial charge in [0.2, 0.25) is 5.91 Å².